The Hall–Kier alpha value is -1.31. The summed E-state index contributed by atoms with van der Waals surface area (Å²) in [7, 11) is 0. The Morgan fingerprint density at radius 1 is 1.31 bits per heavy atom. The third-order valence-electron chi connectivity index (χ3n) is 2.84. The molecular formula is C14H20O2. The van der Waals surface area contributed by atoms with Crippen LogP contribution in [-0.2, 0) is 21.4 Å². The molecule has 0 heterocycles. The largest absolute Gasteiger partial charge is 0.465 e. The van der Waals surface area contributed by atoms with Gasteiger partial charge in [-0.15, -0.1) is 0 Å². The van der Waals surface area contributed by atoms with E-state index < -0.39 is 5.41 Å². The minimum absolute atomic E-state index is 0.164. The fourth-order valence-electron chi connectivity index (χ4n) is 1.61. The molecule has 0 unspecified atom stereocenters. The molecule has 0 amide bonds. The van der Waals surface area contributed by atoms with Crippen molar-refractivity contribution in [3.05, 3.63) is 35.4 Å². The van der Waals surface area contributed by atoms with Gasteiger partial charge in [-0.3, -0.25) is 4.79 Å². The third-order valence-corrected chi connectivity index (χ3v) is 2.84. The number of benzene rings is 1. The molecule has 0 radical (unpaired) electrons. The van der Waals surface area contributed by atoms with E-state index in [9.17, 15) is 4.79 Å². The summed E-state index contributed by atoms with van der Waals surface area (Å²) in [6.07, 6.45) is 0.979. The first-order valence-corrected chi connectivity index (χ1v) is 5.79. The zero-order valence-corrected chi connectivity index (χ0v) is 10.5. The van der Waals surface area contributed by atoms with Crippen molar-refractivity contribution in [2.75, 3.05) is 6.61 Å². The number of hydrogen-bond acceptors (Lipinski definition) is 2. The molecule has 0 bridgehead atoms. The number of esters is 1. The number of ether oxygens (including phenoxy) is 1. The Morgan fingerprint density at radius 2 is 2.00 bits per heavy atom. The number of rotatable bonds is 4. The summed E-state index contributed by atoms with van der Waals surface area (Å²) in [5.41, 5.74) is 1.70. The average Bonchev–Trinajstić information content (AvgIpc) is 2.29. The lowest BCUT2D eigenvalue weighted by Gasteiger charge is -2.23. The Kier molecular flexibility index (Phi) is 4.11. The van der Waals surface area contributed by atoms with Crippen LogP contribution in [-0.4, -0.2) is 12.6 Å². The monoisotopic (exact) mass is 220 g/mol. The molecule has 1 aromatic carbocycles. The number of aryl methyl sites for hydroxylation is 1. The predicted molar refractivity (Wildman–Crippen MR) is 65.5 cm³/mol. The highest BCUT2D eigenvalue weighted by molar-refractivity contribution is 5.82. The van der Waals surface area contributed by atoms with E-state index in [1.807, 2.05) is 32.9 Å². The van der Waals surface area contributed by atoms with Crippen LogP contribution in [0.3, 0.4) is 0 Å². The topological polar surface area (TPSA) is 26.3 Å². The Morgan fingerprint density at radius 3 is 2.56 bits per heavy atom. The molecular weight excluding hydrogens is 200 g/mol. The molecule has 1 aromatic rings. The molecule has 16 heavy (non-hydrogen) atoms. The molecule has 0 fully saturated rings. The van der Waals surface area contributed by atoms with E-state index in [0.29, 0.717) is 6.61 Å². The van der Waals surface area contributed by atoms with Crippen LogP contribution in [0, 0.1) is 0 Å². The molecule has 0 aliphatic rings. The first-order valence-electron chi connectivity index (χ1n) is 5.79. The van der Waals surface area contributed by atoms with Crippen molar-refractivity contribution < 1.29 is 9.53 Å². The van der Waals surface area contributed by atoms with Gasteiger partial charge in [-0.05, 0) is 38.3 Å². The summed E-state index contributed by atoms with van der Waals surface area (Å²) in [6.45, 7) is 8.17. The molecule has 2 nitrogen and oxygen atoms in total. The van der Waals surface area contributed by atoms with E-state index in [4.69, 9.17) is 4.74 Å². The van der Waals surface area contributed by atoms with Gasteiger partial charge in [0.15, 0.2) is 0 Å². The van der Waals surface area contributed by atoms with E-state index >= 15 is 0 Å². The summed E-state index contributed by atoms with van der Waals surface area (Å²) in [6, 6.07) is 8.13. The molecule has 0 saturated heterocycles. The minimum atomic E-state index is -0.568. The minimum Gasteiger partial charge on any atom is -0.465 e. The molecule has 0 atom stereocenters. The van der Waals surface area contributed by atoms with Crippen LogP contribution in [0.4, 0.5) is 0 Å². The maximum Gasteiger partial charge on any atom is 0.315 e. The summed E-state index contributed by atoms with van der Waals surface area (Å²) in [5, 5.41) is 0. The molecule has 0 spiro atoms. The lowest BCUT2D eigenvalue weighted by molar-refractivity contribution is -0.148. The van der Waals surface area contributed by atoms with Gasteiger partial charge in [0, 0.05) is 0 Å². The van der Waals surface area contributed by atoms with Crippen LogP contribution in [0.2, 0.25) is 0 Å². The number of carbonyl (C=O) groups excluding carboxylic acids is 1. The molecule has 0 aliphatic heterocycles. The van der Waals surface area contributed by atoms with E-state index in [0.717, 1.165) is 12.0 Å². The van der Waals surface area contributed by atoms with Crippen LogP contribution in [0.25, 0.3) is 0 Å². The zero-order chi connectivity index (χ0) is 12.2. The fraction of sp³-hybridized carbons (Fsp3) is 0.500. The normalized spacial score (nSPS) is 11.2. The van der Waals surface area contributed by atoms with Gasteiger partial charge < -0.3 is 4.74 Å². The van der Waals surface area contributed by atoms with Gasteiger partial charge in [0.2, 0.25) is 0 Å². The van der Waals surface area contributed by atoms with Gasteiger partial charge >= 0.3 is 5.97 Å². The standard InChI is InChI=1S/C14H20O2/c1-5-11-8-7-9-12(10-11)14(3,4)13(15)16-6-2/h7-10H,5-6H2,1-4H3. The van der Waals surface area contributed by atoms with Gasteiger partial charge in [0.05, 0.1) is 12.0 Å². The summed E-state index contributed by atoms with van der Waals surface area (Å²) in [5.74, 6) is -0.164. The maximum absolute atomic E-state index is 11.8. The van der Waals surface area contributed by atoms with Crippen LogP contribution in [0.1, 0.15) is 38.8 Å². The van der Waals surface area contributed by atoms with Crippen LogP contribution < -0.4 is 0 Å². The van der Waals surface area contributed by atoms with Gasteiger partial charge in [-0.2, -0.15) is 0 Å². The quantitative estimate of drug-likeness (QED) is 0.729. The smallest absolute Gasteiger partial charge is 0.315 e. The Balaban J connectivity index is 3.01. The van der Waals surface area contributed by atoms with Gasteiger partial charge in [-0.25, -0.2) is 0 Å². The Labute approximate surface area is 97.6 Å². The predicted octanol–water partition coefficient (Wildman–Crippen LogP) is 3.09. The van der Waals surface area contributed by atoms with Crippen molar-refractivity contribution in [1.82, 2.24) is 0 Å². The van der Waals surface area contributed by atoms with E-state index in [2.05, 4.69) is 19.1 Å². The third kappa shape index (κ3) is 2.63. The van der Waals surface area contributed by atoms with Crippen molar-refractivity contribution in [3.63, 3.8) is 0 Å². The second-order valence-corrected chi connectivity index (χ2v) is 4.40. The molecule has 1 rings (SSSR count). The highest BCUT2D eigenvalue weighted by atomic mass is 16.5. The number of hydrogen-bond donors (Lipinski definition) is 0. The summed E-state index contributed by atoms with van der Waals surface area (Å²) >= 11 is 0. The fourth-order valence-corrected chi connectivity index (χ4v) is 1.61. The molecule has 0 N–H and O–H groups in total. The van der Waals surface area contributed by atoms with Crippen molar-refractivity contribution >= 4 is 5.97 Å². The highest BCUT2D eigenvalue weighted by Crippen LogP contribution is 2.25. The van der Waals surface area contributed by atoms with Crippen LogP contribution in [0.15, 0.2) is 24.3 Å². The van der Waals surface area contributed by atoms with Crippen molar-refractivity contribution in [3.8, 4) is 0 Å². The summed E-state index contributed by atoms with van der Waals surface area (Å²) in [4.78, 5) is 11.8. The van der Waals surface area contributed by atoms with Gasteiger partial charge in [0.1, 0.15) is 0 Å². The lowest BCUT2D eigenvalue weighted by atomic mass is 9.84. The molecule has 88 valence electrons. The second kappa shape index (κ2) is 5.15. The van der Waals surface area contributed by atoms with E-state index in [1.165, 1.54) is 5.56 Å². The molecule has 0 aliphatic carbocycles. The average molecular weight is 220 g/mol. The summed E-state index contributed by atoms with van der Waals surface area (Å²) < 4.78 is 5.10. The van der Waals surface area contributed by atoms with Gasteiger partial charge in [0.25, 0.3) is 0 Å². The van der Waals surface area contributed by atoms with Crippen LogP contribution in [0.5, 0.6) is 0 Å². The zero-order valence-electron chi connectivity index (χ0n) is 10.5. The Bertz CT molecular complexity index is 367. The second-order valence-electron chi connectivity index (χ2n) is 4.40. The van der Waals surface area contributed by atoms with E-state index in [1.54, 1.807) is 0 Å². The van der Waals surface area contributed by atoms with Gasteiger partial charge in [-0.1, -0.05) is 31.2 Å². The SMILES string of the molecule is CCOC(=O)C(C)(C)c1cccc(CC)c1. The number of carbonyl (C=O) groups is 1. The van der Waals surface area contributed by atoms with Crippen LogP contribution >= 0.6 is 0 Å². The van der Waals surface area contributed by atoms with Crippen molar-refractivity contribution in [2.24, 2.45) is 0 Å². The van der Waals surface area contributed by atoms with Crippen molar-refractivity contribution in [2.45, 2.75) is 39.5 Å². The first-order chi connectivity index (χ1) is 7.52. The molecule has 2 heteroatoms. The molecule has 0 saturated carbocycles. The van der Waals surface area contributed by atoms with E-state index in [-0.39, 0.29) is 5.97 Å². The van der Waals surface area contributed by atoms with Crippen molar-refractivity contribution in [1.29, 1.82) is 0 Å². The first kappa shape index (κ1) is 12.8. The molecule has 0 aromatic heterocycles. The lowest BCUT2D eigenvalue weighted by Crippen LogP contribution is -2.31. The highest BCUT2D eigenvalue weighted by Gasteiger charge is 2.31. The maximum atomic E-state index is 11.8.